The molecule has 4 heterocycles. The van der Waals surface area contributed by atoms with Crippen LogP contribution in [0.1, 0.15) is 52.9 Å². The van der Waals surface area contributed by atoms with Gasteiger partial charge >= 0.3 is 6.03 Å². The highest BCUT2D eigenvalue weighted by atomic mass is 16.5. The van der Waals surface area contributed by atoms with Crippen LogP contribution >= 0.6 is 0 Å². The fraction of sp³-hybridized carbons (Fsp3) is 0.481. The lowest BCUT2D eigenvalue weighted by molar-refractivity contribution is -0.135. The summed E-state index contributed by atoms with van der Waals surface area (Å²) >= 11 is 0. The number of carbonyl (C=O) groups is 3. The molecule has 2 unspecified atom stereocenters. The molecule has 1 N–H and O–H groups in total. The van der Waals surface area contributed by atoms with Gasteiger partial charge in [-0.25, -0.2) is 4.79 Å². The Kier molecular flexibility index (Phi) is 6.32. The minimum atomic E-state index is -1.23. The lowest BCUT2D eigenvalue weighted by Gasteiger charge is -2.40. The molecule has 3 saturated heterocycles. The molecule has 3 fully saturated rings. The first-order valence-corrected chi connectivity index (χ1v) is 12.4. The third kappa shape index (κ3) is 4.31. The largest absolute Gasteiger partial charge is 0.376 e. The van der Waals surface area contributed by atoms with Gasteiger partial charge in [-0.1, -0.05) is 23.3 Å². The Morgan fingerprint density at radius 3 is 2.49 bits per heavy atom. The summed E-state index contributed by atoms with van der Waals surface area (Å²) in [6.07, 6.45) is 4.48. The summed E-state index contributed by atoms with van der Waals surface area (Å²) in [4.78, 5) is 47.8. The number of aryl methyl sites for hydroxylation is 2. The topological polar surface area (TPSA) is 91.8 Å². The molecule has 0 spiro atoms. The van der Waals surface area contributed by atoms with Crippen molar-refractivity contribution in [2.75, 3.05) is 26.2 Å². The normalized spacial score (nSPS) is 25.3. The Hall–Kier alpha value is -3.26. The van der Waals surface area contributed by atoms with Crippen molar-refractivity contribution in [2.45, 2.75) is 51.2 Å². The fourth-order valence-electron chi connectivity index (χ4n) is 5.80. The molecule has 3 aliphatic rings. The van der Waals surface area contributed by atoms with Crippen LogP contribution in [0.2, 0.25) is 0 Å². The number of urea groups is 1. The Morgan fingerprint density at radius 1 is 1.11 bits per heavy atom. The van der Waals surface area contributed by atoms with E-state index < -0.39 is 11.6 Å². The van der Waals surface area contributed by atoms with E-state index in [0.29, 0.717) is 43.8 Å². The van der Waals surface area contributed by atoms with E-state index in [2.05, 4.69) is 16.4 Å². The third-order valence-electron chi connectivity index (χ3n) is 7.47. The molecule has 35 heavy (non-hydrogen) atoms. The minimum Gasteiger partial charge on any atom is -0.376 e. The van der Waals surface area contributed by atoms with Crippen LogP contribution in [0.25, 0.3) is 0 Å². The summed E-state index contributed by atoms with van der Waals surface area (Å²) in [5.41, 5.74) is 2.12. The number of likely N-dealkylation sites (tertiary alicyclic amines) is 1. The molecule has 4 amide bonds. The molecule has 8 nitrogen and oxygen atoms in total. The zero-order valence-electron chi connectivity index (χ0n) is 20.3. The number of nitrogens with one attached hydrogen (secondary N) is 1. The van der Waals surface area contributed by atoms with Gasteiger partial charge in [0.1, 0.15) is 0 Å². The maximum Gasteiger partial charge on any atom is 0.325 e. The smallest absolute Gasteiger partial charge is 0.325 e. The number of amides is 4. The predicted octanol–water partition coefficient (Wildman–Crippen LogP) is 3.18. The van der Waals surface area contributed by atoms with Crippen molar-refractivity contribution in [3.63, 3.8) is 0 Å². The van der Waals surface area contributed by atoms with Gasteiger partial charge in [-0.15, -0.1) is 0 Å². The van der Waals surface area contributed by atoms with E-state index in [4.69, 9.17) is 4.74 Å². The number of ether oxygens (including phenoxy) is 1. The molecule has 2 aromatic rings. The van der Waals surface area contributed by atoms with Crippen molar-refractivity contribution in [3.8, 4) is 0 Å². The second-order valence-corrected chi connectivity index (χ2v) is 9.95. The highest BCUT2D eigenvalue weighted by Gasteiger charge is 2.58. The molecule has 3 aliphatic heterocycles. The van der Waals surface area contributed by atoms with Crippen molar-refractivity contribution >= 4 is 17.8 Å². The first-order valence-electron chi connectivity index (χ1n) is 12.4. The van der Waals surface area contributed by atoms with E-state index in [1.807, 2.05) is 36.9 Å². The Labute approximate surface area is 205 Å². The van der Waals surface area contributed by atoms with Crippen LogP contribution in [0.3, 0.4) is 0 Å². The molecular formula is C27H32N4O4. The first kappa shape index (κ1) is 23.5. The molecule has 0 aliphatic carbocycles. The molecular weight excluding hydrogens is 444 g/mol. The van der Waals surface area contributed by atoms with Gasteiger partial charge in [0.2, 0.25) is 0 Å². The summed E-state index contributed by atoms with van der Waals surface area (Å²) in [6, 6.07) is 10.9. The Bertz CT molecular complexity index is 1100. The number of imide groups is 1. The standard InChI is InChI=1S/C27H32N4O4/c1-18-14-19(2)16-20(15-18)24(32)30-11-8-21(9-12-30)27(23-7-3-4-10-28-23)25(33)31(26(34)29-27)17-22-6-5-13-35-22/h3-4,7,10,14-16,21-22H,5-6,8-9,11-13,17H2,1-2H3,(H,29,34). The van der Waals surface area contributed by atoms with Crippen molar-refractivity contribution in [1.82, 2.24) is 20.1 Å². The third-order valence-corrected chi connectivity index (χ3v) is 7.47. The Balaban J connectivity index is 1.38. The van der Waals surface area contributed by atoms with Crippen molar-refractivity contribution in [2.24, 2.45) is 5.92 Å². The highest BCUT2D eigenvalue weighted by molar-refractivity contribution is 6.07. The number of hydrogen-bond donors (Lipinski definition) is 1. The second-order valence-electron chi connectivity index (χ2n) is 9.95. The van der Waals surface area contributed by atoms with Crippen LogP contribution in [0.4, 0.5) is 4.79 Å². The predicted molar refractivity (Wildman–Crippen MR) is 130 cm³/mol. The monoisotopic (exact) mass is 476 g/mol. The van der Waals surface area contributed by atoms with Crippen LogP contribution < -0.4 is 5.32 Å². The fourth-order valence-corrected chi connectivity index (χ4v) is 5.80. The maximum atomic E-state index is 13.9. The van der Waals surface area contributed by atoms with E-state index >= 15 is 0 Å². The van der Waals surface area contributed by atoms with Crippen LogP contribution in [-0.4, -0.2) is 65.0 Å². The average molecular weight is 477 g/mol. The van der Waals surface area contributed by atoms with Crippen molar-refractivity contribution in [1.29, 1.82) is 0 Å². The van der Waals surface area contributed by atoms with E-state index in [1.54, 1.807) is 18.3 Å². The van der Waals surface area contributed by atoms with E-state index in [9.17, 15) is 14.4 Å². The van der Waals surface area contributed by atoms with Gasteiger partial charge in [0.05, 0.1) is 18.3 Å². The van der Waals surface area contributed by atoms with Crippen molar-refractivity contribution < 1.29 is 19.1 Å². The average Bonchev–Trinajstić information content (AvgIpc) is 3.46. The van der Waals surface area contributed by atoms with Gasteiger partial charge in [0.25, 0.3) is 11.8 Å². The number of benzene rings is 1. The van der Waals surface area contributed by atoms with Crippen LogP contribution in [0.5, 0.6) is 0 Å². The van der Waals surface area contributed by atoms with Gasteiger partial charge in [-0.2, -0.15) is 0 Å². The molecule has 0 radical (unpaired) electrons. The molecule has 1 aromatic carbocycles. The van der Waals surface area contributed by atoms with Crippen LogP contribution in [0, 0.1) is 19.8 Å². The number of piperidine rings is 1. The van der Waals surface area contributed by atoms with Crippen LogP contribution in [0.15, 0.2) is 42.6 Å². The second kappa shape index (κ2) is 9.41. The van der Waals surface area contributed by atoms with E-state index in [-0.39, 0.29) is 30.4 Å². The molecule has 8 heteroatoms. The zero-order chi connectivity index (χ0) is 24.6. The SMILES string of the molecule is Cc1cc(C)cc(C(=O)N2CCC(C3(c4ccccn4)NC(=O)N(CC4CCCO4)C3=O)CC2)c1. The van der Waals surface area contributed by atoms with Crippen molar-refractivity contribution in [3.05, 3.63) is 65.0 Å². The van der Waals surface area contributed by atoms with Gasteiger partial charge in [0.15, 0.2) is 5.54 Å². The van der Waals surface area contributed by atoms with Gasteiger partial charge in [-0.3, -0.25) is 19.5 Å². The minimum absolute atomic E-state index is 0.00364. The first-order chi connectivity index (χ1) is 16.9. The number of pyridine rings is 1. The summed E-state index contributed by atoms with van der Waals surface area (Å²) in [7, 11) is 0. The summed E-state index contributed by atoms with van der Waals surface area (Å²) < 4.78 is 5.70. The summed E-state index contributed by atoms with van der Waals surface area (Å²) in [6.45, 7) is 5.92. The number of rotatable bonds is 5. The number of carbonyl (C=O) groups excluding carboxylic acids is 3. The molecule has 2 atom stereocenters. The maximum absolute atomic E-state index is 13.9. The zero-order valence-corrected chi connectivity index (χ0v) is 20.3. The molecule has 0 bridgehead atoms. The van der Waals surface area contributed by atoms with Crippen LogP contribution in [-0.2, 0) is 15.1 Å². The van der Waals surface area contributed by atoms with Gasteiger partial charge in [-0.05, 0) is 63.8 Å². The highest BCUT2D eigenvalue weighted by Crippen LogP contribution is 2.41. The number of aromatic nitrogens is 1. The quantitative estimate of drug-likeness (QED) is 0.670. The lowest BCUT2D eigenvalue weighted by atomic mass is 9.75. The van der Waals surface area contributed by atoms with E-state index in [1.165, 1.54) is 4.90 Å². The molecule has 5 rings (SSSR count). The van der Waals surface area contributed by atoms with Gasteiger partial charge < -0.3 is 15.0 Å². The molecule has 184 valence electrons. The molecule has 1 aromatic heterocycles. The van der Waals surface area contributed by atoms with Gasteiger partial charge in [0, 0.05) is 37.4 Å². The molecule has 0 saturated carbocycles. The summed E-state index contributed by atoms with van der Waals surface area (Å²) in [5, 5.41) is 3.03. The van der Waals surface area contributed by atoms with E-state index in [0.717, 1.165) is 24.0 Å². The Morgan fingerprint density at radius 2 is 1.86 bits per heavy atom. The lowest BCUT2D eigenvalue weighted by Crippen LogP contribution is -2.54. The number of nitrogens with zero attached hydrogens (tertiary/aromatic N) is 3. The number of hydrogen-bond acceptors (Lipinski definition) is 5. The summed E-state index contributed by atoms with van der Waals surface area (Å²) in [5.74, 6) is -0.439.